The lowest BCUT2D eigenvalue weighted by atomic mass is 9.53. The van der Waals surface area contributed by atoms with E-state index in [0.717, 1.165) is 159 Å². The van der Waals surface area contributed by atoms with E-state index in [9.17, 15) is 24.0 Å². The zero-order chi connectivity index (χ0) is 80.3. The van der Waals surface area contributed by atoms with Gasteiger partial charge in [0.1, 0.15) is 35.6 Å². The molecular weight excluding hydrogens is 1490 g/mol. The standard InChI is InChI=1S/2C24H29N3O3.C23H26ClN3O3.C19H27N3O4/c1-15-3-5-20(6-4-15)30-23-10-22(25-16(2)26-23)29-14-21(28)27-24-11-17-7-18(12-24)9-19(8-17)13-24;1-16-25-22(29-14-17-5-3-2-4-6-17)10-23(26-16)30-15-21(28)27-24-11-18-7-19(12-24)9-20(8-18)13-24;1-14-25-21(9-22(26-14)30-19-4-2-18(24)3-5-19)29-13-20(28)27-23-10-15-6-16(11-23)8-17(7-15)12-23;1-11(2)26-17-6-16(20-18(24)21-17)25-10-15(23)22-19-7-12-3-13(8-19)5-14(4-12)9-19/h3-6,10,17-19,26H,2,7-9,11-14H2,1H3,(H,27,28);2-6,10,18-20,26H,1,7-9,11-15H2,(H,27,28);2-5,9,15-17,26H,1,6-8,10-13H2,(H,27,28);6,11-14H,3-5,7-10H2,1-2H3,(H,22,23)(H,20,21,24). The molecule has 116 heavy (non-hydrogen) atoms. The number of nitrogens with one attached hydrogen (secondary N) is 8. The van der Waals surface area contributed by atoms with Crippen LogP contribution in [0.2, 0.25) is 5.02 Å². The molecule has 25 nitrogen and oxygen atoms in total. The third kappa shape index (κ3) is 20.7. The zero-order valence-corrected chi connectivity index (χ0v) is 67.7. The summed E-state index contributed by atoms with van der Waals surface area (Å²) in [4.78, 5) is 81.0. The van der Waals surface area contributed by atoms with Crippen LogP contribution in [-0.2, 0) is 44.7 Å². The normalized spacial score (nSPS) is 31.6. The van der Waals surface area contributed by atoms with E-state index in [4.69, 9.17) is 49.5 Å². The van der Waals surface area contributed by atoms with Gasteiger partial charge in [-0.1, -0.05) is 79.4 Å². The summed E-state index contributed by atoms with van der Waals surface area (Å²) in [7, 11) is 0. The summed E-state index contributed by atoms with van der Waals surface area (Å²) in [5, 5.41) is 22.7. The van der Waals surface area contributed by atoms with Gasteiger partial charge in [0, 0.05) is 27.2 Å². The monoisotopic (exact) mass is 1600 g/mol. The molecule has 616 valence electrons. The van der Waals surface area contributed by atoms with E-state index in [2.05, 4.69) is 81.9 Å². The molecule has 0 saturated heterocycles. The number of hydrogen-bond donors (Lipinski definition) is 8. The number of ether oxygens (including phenoxy) is 8. The molecule has 16 bridgehead atoms. The molecular formula is C90H111ClN12O13. The number of rotatable bonds is 22. The van der Waals surface area contributed by atoms with Gasteiger partial charge >= 0.3 is 5.69 Å². The molecule has 16 fully saturated rings. The lowest BCUT2D eigenvalue weighted by molar-refractivity contribution is -0.131. The maximum atomic E-state index is 12.7. The third-order valence-electron chi connectivity index (χ3n) is 26.1. The van der Waals surface area contributed by atoms with Crippen molar-refractivity contribution in [2.24, 2.45) is 86.0 Å². The van der Waals surface area contributed by atoms with Crippen molar-refractivity contribution >= 4 is 52.9 Å². The predicted molar refractivity (Wildman–Crippen MR) is 439 cm³/mol. The fourth-order valence-corrected chi connectivity index (χ4v) is 23.8. The van der Waals surface area contributed by atoms with Gasteiger partial charge in [-0.05, 0) is 288 Å². The summed E-state index contributed by atoms with van der Waals surface area (Å²) >= 11 is 5.91. The number of carbonyl (C=O) groups is 4. The van der Waals surface area contributed by atoms with Crippen LogP contribution in [0.5, 0.6) is 23.3 Å². The van der Waals surface area contributed by atoms with Crippen LogP contribution in [0.25, 0.3) is 0 Å². The lowest BCUT2D eigenvalue weighted by Crippen LogP contribution is -2.60. The summed E-state index contributed by atoms with van der Waals surface area (Å²) in [6, 6.07) is 26.1. The molecule has 19 aliphatic rings. The van der Waals surface area contributed by atoms with Crippen LogP contribution in [0.15, 0.2) is 178 Å². The highest BCUT2D eigenvalue weighted by Gasteiger charge is 2.55. The number of benzene rings is 3. The predicted octanol–water partition coefficient (Wildman–Crippen LogP) is 13.6. The SMILES string of the molecule is C=C1N=C(OCC(=O)NC23CC4CC(CC(C4)C2)C3)C=C(Oc2ccc(C)cc2)N1.C=C1N=C(OCC(=O)NC23CC4CC(CC(C4)C2)C3)C=C(Oc2ccc(Cl)cc2)N1.C=C1N=C(OCc2ccccc2)C=C(OCC(=O)NC23CC4CC(CC(C4)C2)C3)N1.CC(C)Oc1cc(OCC(=O)NC23CC4CC(CC(C4)C2)C3)nc(=O)[nH]1. The molecule has 0 spiro atoms. The minimum absolute atomic E-state index is 0.00141. The van der Waals surface area contributed by atoms with Crippen LogP contribution in [0.3, 0.4) is 0 Å². The van der Waals surface area contributed by atoms with Crippen molar-refractivity contribution in [3.8, 4) is 23.3 Å². The fourth-order valence-electron chi connectivity index (χ4n) is 23.7. The van der Waals surface area contributed by atoms with Crippen molar-refractivity contribution < 1.29 is 57.1 Å². The van der Waals surface area contributed by atoms with Gasteiger partial charge in [-0.2, -0.15) is 20.0 Å². The Hall–Kier alpha value is -10.0. The number of aliphatic imine (C=N–C) groups is 3. The number of aryl methyl sites for hydroxylation is 1. The number of H-pyrrole nitrogens is 1. The Kier molecular flexibility index (Phi) is 23.6. The van der Waals surface area contributed by atoms with Gasteiger partial charge < -0.3 is 75.1 Å². The number of aromatic amines is 1. The van der Waals surface area contributed by atoms with Gasteiger partial charge in [-0.25, -0.2) is 4.79 Å². The van der Waals surface area contributed by atoms with Crippen molar-refractivity contribution in [1.29, 1.82) is 0 Å². The Morgan fingerprint density at radius 3 is 1.15 bits per heavy atom. The smallest absolute Gasteiger partial charge is 0.351 e. The highest BCUT2D eigenvalue weighted by atomic mass is 35.5. The van der Waals surface area contributed by atoms with Gasteiger partial charge in [-0.15, -0.1) is 0 Å². The highest BCUT2D eigenvalue weighted by Crippen LogP contribution is 2.59. The van der Waals surface area contributed by atoms with E-state index in [1.165, 1.54) is 83.1 Å². The molecule has 16 aliphatic carbocycles. The lowest BCUT2D eigenvalue weighted by Gasteiger charge is -2.56. The molecule has 23 rings (SSSR count). The Balaban J connectivity index is 0.000000116. The van der Waals surface area contributed by atoms with Crippen molar-refractivity contribution in [2.75, 3.05) is 26.4 Å². The second-order valence-electron chi connectivity index (χ2n) is 36.5. The first kappa shape index (κ1) is 79.8. The van der Waals surface area contributed by atoms with Crippen LogP contribution < -0.4 is 61.9 Å². The van der Waals surface area contributed by atoms with Crippen molar-refractivity contribution in [3.63, 3.8) is 0 Å². The molecule has 4 aromatic rings. The summed E-state index contributed by atoms with van der Waals surface area (Å²) in [5.41, 5.74) is 1.58. The summed E-state index contributed by atoms with van der Waals surface area (Å²) < 4.78 is 45.4. The van der Waals surface area contributed by atoms with E-state index in [-0.39, 0.29) is 90.1 Å². The molecule has 3 aromatic carbocycles. The zero-order valence-electron chi connectivity index (χ0n) is 66.9. The molecule has 3 aliphatic heterocycles. The van der Waals surface area contributed by atoms with Gasteiger partial charge in [0.05, 0.1) is 30.4 Å². The first-order valence-corrected chi connectivity index (χ1v) is 42.4. The first-order chi connectivity index (χ1) is 55.8. The molecule has 1 aromatic heterocycles. The number of amides is 4. The van der Waals surface area contributed by atoms with E-state index in [1.807, 2.05) is 75.4 Å². The van der Waals surface area contributed by atoms with Crippen molar-refractivity contribution in [3.05, 3.63) is 185 Å². The minimum atomic E-state index is -0.556. The number of hydrogen-bond acceptors (Lipinski definition) is 20. The Bertz CT molecular complexity index is 4330. The van der Waals surface area contributed by atoms with E-state index < -0.39 is 5.69 Å². The van der Waals surface area contributed by atoms with Gasteiger partial charge in [0.25, 0.3) is 23.6 Å². The maximum absolute atomic E-state index is 12.7. The van der Waals surface area contributed by atoms with E-state index in [1.54, 1.807) is 42.5 Å². The largest absolute Gasteiger partial charge is 0.476 e. The summed E-state index contributed by atoms with van der Waals surface area (Å²) in [5.74, 6) is 14.4. The van der Waals surface area contributed by atoms with Crippen LogP contribution in [-0.4, -0.2) is 106 Å². The van der Waals surface area contributed by atoms with Gasteiger partial charge in [-0.3, -0.25) is 24.2 Å². The van der Waals surface area contributed by atoms with Crippen molar-refractivity contribution in [1.82, 2.24) is 47.2 Å². The van der Waals surface area contributed by atoms with Crippen LogP contribution in [0, 0.1) is 77.9 Å². The average molecular weight is 1600 g/mol. The third-order valence-corrected chi connectivity index (χ3v) is 26.3. The summed E-state index contributed by atoms with van der Waals surface area (Å²) in [6.45, 7) is 17.4. The van der Waals surface area contributed by atoms with Gasteiger partial charge in [0.15, 0.2) is 32.3 Å². The first-order valence-electron chi connectivity index (χ1n) is 42.0. The van der Waals surface area contributed by atoms with E-state index in [0.29, 0.717) is 75.9 Å². The van der Waals surface area contributed by atoms with Gasteiger partial charge in [0.2, 0.25) is 41.2 Å². The molecule has 4 heterocycles. The Morgan fingerprint density at radius 2 is 0.776 bits per heavy atom. The second kappa shape index (κ2) is 34.3. The number of aromatic nitrogens is 2. The molecule has 0 radical (unpaired) electrons. The Morgan fingerprint density at radius 1 is 0.448 bits per heavy atom. The van der Waals surface area contributed by atoms with Crippen LogP contribution in [0.1, 0.15) is 179 Å². The molecule has 4 amide bonds. The Labute approximate surface area is 683 Å². The molecule has 16 saturated carbocycles. The van der Waals surface area contributed by atoms with Crippen molar-refractivity contribution in [2.45, 2.75) is 210 Å². The number of nitrogens with zero attached hydrogens (tertiary/aromatic N) is 4. The highest BCUT2D eigenvalue weighted by molar-refractivity contribution is 6.30. The maximum Gasteiger partial charge on any atom is 0.351 e. The average Bonchev–Trinajstić information content (AvgIpc) is 0.765. The minimum Gasteiger partial charge on any atom is -0.476 e. The fraction of sp³-hybridized carbons (Fsp3) is 0.544. The quantitative estimate of drug-likeness (QED) is 0.0362. The van der Waals surface area contributed by atoms with Crippen LogP contribution in [0.4, 0.5) is 0 Å². The molecule has 0 unspecified atom stereocenters. The topological polar surface area (TPSA) is 309 Å². The van der Waals surface area contributed by atoms with Crippen LogP contribution >= 0.6 is 11.6 Å². The molecule has 0 atom stereocenters. The summed E-state index contributed by atoms with van der Waals surface area (Å²) in [6.07, 6.45) is 34.4. The number of carbonyl (C=O) groups excluding carboxylic acids is 4. The molecule has 8 N–H and O–H groups in total. The number of halogens is 1. The van der Waals surface area contributed by atoms with E-state index >= 15 is 0 Å². The second-order valence-corrected chi connectivity index (χ2v) is 37.0. The molecule has 26 heteroatoms.